The van der Waals surface area contributed by atoms with E-state index in [4.69, 9.17) is 28.0 Å². The number of aryl methyl sites for hydroxylation is 1. The first-order chi connectivity index (χ1) is 16.8. The minimum absolute atomic E-state index is 0.127. The number of carbonyl (C=O) groups excluding carboxylic acids is 2. The number of hydrogen-bond acceptors (Lipinski definition) is 6. The number of carbonyl (C=O) groups is 2. The predicted octanol–water partition coefficient (Wildman–Crippen LogP) is 5.52. The number of hydroxylamine groups is 1. The van der Waals surface area contributed by atoms with Gasteiger partial charge in [-0.3, -0.25) is 24.5 Å². The van der Waals surface area contributed by atoms with Crippen LogP contribution in [0.1, 0.15) is 24.1 Å². The number of hydrogen-bond donors (Lipinski definition) is 0. The van der Waals surface area contributed by atoms with E-state index in [1.807, 2.05) is 31.2 Å². The lowest BCUT2D eigenvalue weighted by atomic mass is 9.90. The van der Waals surface area contributed by atoms with Gasteiger partial charge in [-0.15, -0.1) is 0 Å². The maximum Gasteiger partial charge on any atom is 0.271 e. The maximum absolute atomic E-state index is 13.7. The zero-order chi connectivity index (χ0) is 24.9. The van der Waals surface area contributed by atoms with Crippen molar-refractivity contribution < 1.29 is 19.3 Å². The second kappa shape index (κ2) is 8.96. The van der Waals surface area contributed by atoms with Gasteiger partial charge in [-0.2, -0.15) is 0 Å². The Morgan fingerprint density at radius 1 is 0.943 bits per heavy atom. The molecule has 0 spiro atoms. The summed E-state index contributed by atoms with van der Waals surface area (Å²) in [6.45, 7) is 2.04. The molecule has 0 radical (unpaired) electrons. The van der Waals surface area contributed by atoms with Gasteiger partial charge < -0.3 is 0 Å². The third kappa shape index (κ3) is 3.93. The molecule has 0 aliphatic carbocycles. The molecule has 0 aromatic heterocycles. The van der Waals surface area contributed by atoms with Crippen LogP contribution in [0.25, 0.3) is 0 Å². The third-order valence-electron chi connectivity index (χ3n) is 6.30. The second-order valence-electron chi connectivity index (χ2n) is 8.30. The summed E-state index contributed by atoms with van der Waals surface area (Å²) >= 11 is 12.1. The van der Waals surface area contributed by atoms with E-state index in [1.165, 1.54) is 35.4 Å². The van der Waals surface area contributed by atoms with Crippen molar-refractivity contribution in [1.29, 1.82) is 0 Å². The molecule has 3 aromatic rings. The highest BCUT2D eigenvalue weighted by atomic mass is 35.5. The molecule has 2 heterocycles. The fourth-order valence-corrected chi connectivity index (χ4v) is 4.84. The first kappa shape index (κ1) is 23.3. The number of rotatable bonds is 5. The molecule has 0 N–H and O–H groups in total. The molecule has 10 heteroatoms. The summed E-state index contributed by atoms with van der Waals surface area (Å²) in [6.07, 6.45) is -0.267. The highest BCUT2D eigenvalue weighted by molar-refractivity contribution is 6.42. The van der Waals surface area contributed by atoms with E-state index in [9.17, 15) is 19.7 Å². The lowest BCUT2D eigenvalue weighted by molar-refractivity contribution is -0.384. The van der Waals surface area contributed by atoms with E-state index in [1.54, 1.807) is 12.1 Å². The van der Waals surface area contributed by atoms with Crippen molar-refractivity contribution in [2.75, 3.05) is 9.96 Å². The number of benzene rings is 3. The second-order valence-corrected chi connectivity index (χ2v) is 9.12. The summed E-state index contributed by atoms with van der Waals surface area (Å²) in [5.74, 6) is -1.86. The first-order valence-corrected chi connectivity index (χ1v) is 11.7. The molecule has 5 rings (SSSR count). The quantitative estimate of drug-likeness (QED) is 0.254. The zero-order valence-electron chi connectivity index (χ0n) is 18.4. The monoisotopic (exact) mass is 511 g/mol. The van der Waals surface area contributed by atoms with Gasteiger partial charge in [0.1, 0.15) is 5.92 Å². The first-order valence-electron chi connectivity index (χ1n) is 10.9. The molecule has 0 unspecified atom stereocenters. The number of non-ortho nitro benzene ring substituents is 1. The average molecular weight is 512 g/mol. The zero-order valence-corrected chi connectivity index (χ0v) is 19.9. The molecule has 2 amide bonds. The van der Waals surface area contributed by atoms with Crippen molar-refractivity contribution in [2.24, 2.45) is 5.92 Å². The van der Waals surface area contributed by atoms with Gasteiger partial charge in [0.15, 0.2) is 6.10 Å². The van der Waals surface area contributed by atoms with Gasteiger partial charge in [0.25, 0.3) is 11.6 Å². The van der Waals surface area contributed by atoms with Crippen LogP contribution in [0.3, 0.4) is 0 Å². The van der Waals surface area contributed by atoms with E-state index in [0.29, 0.717) is 16.4 Å². The molecule has 3 atom stereocenters. The lowest BCUT2D eigenvalue weighted by Gasteiger charge is -2.28. The normalized spacial score (nSPS) is 21.5. The van der Waals surface area contributed by atoms with Gasteiger partial charge in [-0.05, 0) is 41.8 Å². The summed E-state index contributed by atoms with van der Waals surface area (Å²) < 4.78 is 0. The fraction of sp³-hybridized carbons (Fsp3) is 0.200. The number of nitrogens with zero attached hydrogens (tertiary/aromatic N) is 3. The Hall–Kier alpha value is -3.46. The van der Waals surface area contributed by atoms with Gasteiger partial charge >= 0.3 is 0 Å². The Kier molecular flexibility index (Phi) is 5.96. The van der Waals surface area contributed by atoms with Crippen LogP contribution in [0.5, 0.6) is 0 Å². The molecule has 8 nitrogen and oxygen atoms in total. The van der Waals surface area contributed by atoms with Crippen molar-refractivity contribution in [1.82, 2.24) is 0 Å². The Morgan fingerprint density at radius 3 is 2.34 bits per heavy atom. The van der Waals surface area contributed by atoms with E-state index in [-0.39, 0.29) is 10.7 Å². The summed E-state index contributed by atoms with van der Waals surface area (Å²) in [5.41, 5.74) is 2.41. The van der Waals surface area contributed by atoms with E-state index < -0.39 is 34.8 Å². The van der Waals surface area contributed by atoms with Gasteiger partial charge in [-0.1, -0.05) is 60.5 Å². The van der Waals surface area contributed by atoms with Crippen molar-refractivity contribution in [3.8, 4) is 0 Å². The SMILES string of the molecule is CCc1ccc([C@@H]2[C@H]3C(=O)N(c4ccc(Cl)c(Cl)c4)C(=O)[C@H]3ON2c2cccc([N+](=O)[O-])c2)cc1. The third-order valence-corrected chi connectivity index (χ3v) is 7.04. The van der Waals surface area contributed by atoms with E-state index in [2.05, 4.69) is 0 Å². The molecule has 2 saturated heterocycles. The highest BCUT2D eigenvalue weighted by Crippen LogP contribution is 2.48. The standard InChI is InChI=1S/C25H19Cl2N3O5/c1-2-14-6-8-15(9-7-14)22-21-23(35-29(22)17-4-3-5-18(12-17)30(33)34)25(32)28(24(21)31)16-10-11-19(26)20(27)13-16/h3-13,21-23H,2H2,1H3/t21-,22-,23+/m1/s1. The highest BCUT2D eigenvalue weighted by Gasteiger charge is 2.60. The summed E-state index contributed by atoms with van der Waals surface area (Å²) in [7, 11) is 0. The van der Waals surface area contributed by atoms with Crippen molar-refractivity contribution in [3.05, 3.63) is 98.0 Å². The summed E-state index contributed by atoms with van der Waals surface area (Å²) in [5, 5.41) is 13.3. The molecule has 2 aliphatic heterocycles. The number of imide groups is 1. The topological polar surface area (TPSA) is 93.0 Å². The molecule has 178 valence electrons. The summed E-state index contributed by atoms with van der Waals surface area (Å²) in [4.78, 5) is 45.0. The Labute approximate surface area is 210 Å². The minimum atomic E-state index is -1.10. The van der Waals surface area contributed by atoms with Crippen LogP contribution < -0.4 is 9.96 Å². The molecule has 35 heavy (non-hydrogen) atoms. The van der Waals surface area contributed by atoms with Crippen LogP contribution in [-0.2, 0) is 20.8 Å². The van der Waals surface area contributed by atoms with Gasteiger partial charge in [0.05, 0.1) is 32.4 Å². The molecule has 2 fully saturated rings. The van der Waals surface area contributed by atoms with Crippen molar-refractivity contribution in [2.45, 2.75) is 25.5 Å². The van der Waals surface area contributed by atoms with Gasteiger partial charge in [0.2, 0.25) is 5.91 Å². The number of halogens is 2. The van der Waals surface area contributed by atoms with E-state index in [0.717, 1.165) is 22.4 Å². The van der Waals surface area contributed by atoms with Crippen molar-refractivity contribution >= 4 is 52.1 Å². The van der Waals surface area contributed by atoms with Gasteiger partial charge in [-0.25, -0.2) is 9.96 Å². The van der Waals surface area contributed by atoms with Gasteiger partial charge in [0, 0.05) is 12.1 Å². The van der Waals surface area contributed by atoms with Crippen LogP contribution in [-0.4, -0.2) is 22.8 Å². The molecule has 0 saturated carbocycles. The average Bonchev–Trinajstić information content (AvgIpc) is 3.37. The Balaban J connectivity index is 1.59. The number of fused-ring (bicyclic) bond motifs is 1. The minimum Gasteiger partial charge on any atom is -0.273 e. The molecular formula is C25H19Cl2N3O5. The number of nitro benzene ring substituents is 1. The van der Waals surface area contributed by atoms with Crippen LogP contribution in [0.2, 0.25) is 10.0 Å². The van der Waals surface area contributed by atoms with Crippen LogP contribution in [0.15, 0.2) is 66.7 Å². The molecular weight excluding hydrogens is 493 g/mol. The lowest BCUT2D eigenvalue weighted by Crippen LogP contribution is -2.37. The van der Waals surface area contributed by atoms with E-state index >= 15 is 0 Å². The fourth-order valence-electron chi connectivity index (χ4n) is 4.55. The Bertz CT molecular complexity index is 1350. The smallest absolute Gasteiger partial charge is 0.271 e. The van der Waals surface area contributed by atoms with Crippen LogP contribution in [0.4, 0.5) is 17.1 Å². The van der Waals surface area contributed by atoms with Crippen molar-refractivity contribution in [3.63, 3.8) is 0 Å². The maximum atomic E-state index is 13.7. The predicted molar refractivity (Wildman–Crippen MR) is 131 cm³/mol. The number of nitro groups is 1. The van der Waals surface area contributed by atoms with Crippen LogP contribution in [0, 0.1) is 16.0 Å². The largest absolute Gasteiger partial charge is 0.273 e. The number of amides is 2. The number of anilines is 2. The molecule has 0 bridgehead atoms. The Morgan fingerprint density at radius 2 is 1.69 bits per heavy atom. The summed E-state index contributed by atoms with van der Waals surface area (Å²) in [6, 6.07) is 17.4. The molecule has 3 aromatic carbocycles. The van der Waals surface area contributed by atoms with Crippen LogP contribution >= 0.6 is 23.2 Å². The molecule has 2 aliphatic rings.